The summed E-state index contributed by atoms with van der Waals surface area (Å²) >= 11 is 0. The van der Waals surface area contributed by atoms with E-state index in [0.717, 1.165) is 13.1 Å². The van der Waals surface area contributed by atoms with Crippen LogP contribution in [0.1, 0.15) is 52.9 Å². The number of amides is 1. The molecule has 0 rings (SSSR count). The molecule has 0 fully saturated rings. The molecule has 0 unspecified atom stereocenters. The fraction of sp³-hybridized carbons (Fsp3) is 0.917. The van der Waals surface area contributed by atoms with Crippen LogP contribution >= 0.6 is 0 Å². The lowest BCUT2D eigenvalue weighted by atomic mass is 10.1. The summed E-state index contributed by atoms with van der Waals surface area (Å²) in [6.07, 6.45) is 5.43. The Balaban J connectivity index is 3.55. The molecule has 15 heavy (non-hydrogen) atoms. The zero-order valence-corrected chi connectivity index (χ0v) is 10.4. The quantitative estimate of drug-likeness (QED) is 0.617. The van der Waals surface area contributed by atoms with Crippen molar-refractivity contribution < 1.29 is 4.79 Å². The molecule has 0 aromatic heterocycles. The zero-order valence-electron chi connectivity index (χ0n) is 10.4. The van der Waals surface area contributed by atoms with E-state index >= 15 is 0 Å². The SMILES string of the molecule is CCCC(CCC)NCCC(=O)NCC. The molecule has 0 aliphatic carbocycles. The van der Waals surface area contributed by atoms with Gasteiger partial charge in [0.1, 0.15) is 0 Å². The predicted octanol–water partition coefficient (Wildman–Crippen LogP) is 2.07. The van der Waals surface area contributed by atoms with Crippen molar-refractivity contribution in [3.8, 4) is 0 Å². The average molecular weight is 214 g/mol. The van der Waals surface area contributed by atoms with Gasteiger partial charge in [0.25, 0.3) is 0 Å². The van der Waals surface area contributed by atoms with Crippen LogP contribution in [0.15, 0.2) is 0 Å². The van der Waals surface area contributed by atoms with E-state index in [4.69, 9.17) is 0 Å². The molecule has 1 amide bonds. The maximum absolute atomic E-state index is 11.2. The van der Waals surface area contributed by atoms with E-state index in [0.29, 0.717) is 12.5 Å². The Morgan fingerprint density at radius 3 is 2.20 bits per heavy atom. The minimum absolute atomic E-state index is 0.150. The topological polar surface area (TPSA) is 41.1 Å². The molecule has 2 N–H and O–H groups in total. The monoisotopic (exact) mass is 214 g/mol. The summed E-state index contributed by atoms with van der Waals surface area (Å²) in [7, 11) is 0. The lowest BCUT2D eigenvalue weighted by molar-refractivity contribution is -0.120. The molecule has 0 heterocycles. The van der Waals surface area contributed by atoms with Crippen LogP contribution in [0.4, 0.5) is 0 Å². The molecule has 0 aliphatic heterocycles. The lowest BCUT2D eigenvalue weighted by Crippen LogP contribution is -2.33. The van der Waals surface area contributed by atoms with Gasteiger partial charge >= 0.3 is 0 Å². The van der Waals surface area contributed by atoms with Gasteiger partial charge in [0, 0.05) is 25.6 Å². The summed E-state index contributed by atoms with van der Waals surface area (Å²) in [5.74, 6) is 0.150. The van der Waals surface area contributed by atoms with Gasteiger partial charge in [-0.2, -0.15) is 0 Å². The highest BCUT2D eigenvalue weighted by molar-refractivity contribution is 5.75. The van der Waals surface area contributed by atoms with E-state index in [1.54, 1.807) is 0 Å². The van der Waals surface area contributed by atoms with Crippen LogP contribution in [0.3, 0.4) is 0 Å². The second-order valence-corrected chi connectivity index (χ2v) is 3.93. The molecular weight excluding hydrogens is 188 g/mol. The van der Waals surface area contributed by atoms with Gasteiger partial charge in [0.15, 0.2) is 0 Å². The van der Waals surface area contributed by atoms with E-state index in [1.807, 2.05) is 6.92 Å². The van der Waals surface area contributed by atoms with Crippen LogP contribution in [0.5, 0.6) is 0 Å². The molecule has 0 aromatic carbocycles. The molecule has 3 nitrogen and oxygen atoms in total. The maximum atomic E-state index is 11.2. The molecule has 0 spiro atoms. The minimum atomic E-state index is 0.150. The van der Waals surface area contributed by atoms with Crippen LogP contribution in [0.2, 0.25) is 0 Å². The van der Waals surface area contributed by atoms with Gasteiger partial charge in [0.2, 0.25) is 5.91 Å². The Labute approximate surface area is 94.0 Å². The van der Waals surface area contributed by atoms with Crippen molar-refractivity contribution in [2.75, 3.05) is 13.1 Å². The van der Waals surface area contributed by atoms with E-state index in [9.17, 15) is 4.79 Å². The Bertz CT molecular complexity index is 154. The summed E-state index contributed by atoms with van der Waals surface area (Å²) in [5.41, 5.74) is 0. The van der Waals surface area contributed by atoms with Gasteiger partial charge in [0.05, 0.1) is 0 Å². The third-order valence-corrected chi connectivity index (χ3v) is 2.43. The van der Waals surface area contributed by atoms with Gasteiger partial charge in [-0.1, -0.05) is 26.7 Å². The average Bonchev–Trinajstić information content (AvgIpc) is 2.19. The minimum Gasteiger partial charge on any atom is -0.356 e. The summed E-state index contributed by atoms with van der Waals surface area (Å²) in [4.78, 5) is 11.2. The summed E-state index contributed by atoms with van der Waals surface area (Å²) < 4.78 is 0. The van der Waals surface area contributed by atoms with E-state index in [-0.39, 0.29) is 5.91 Å². The van der Waals surface area contributed by atoms with Crippen molar-refractivity contribution >= 4 is 5.91 Å². The van der Waals surface area contributed by atoms with Gasteiger partial charge in [-0.25, -0.2) is 0 Å². The number of hydrogen-bond donors (Lipinski definition) is 2. The highest BCUT2D eigenvalue weighted by Crippen LogP contribution is 2.04. The largest absolute Gasteiger partial charge is 0.356 e. The molecule has 0 aliphatic rings. The van der Waals surface area contributed by atoms with Gasteiger partial charge in [-0.3, -0.25) is 4.79 Å². The molecule has 0 saturated carbocycles. The van der Waals surface area contributed by atoms with Gasteiger partial charge in [-0.15, -0.1) is 0 Å². The van der Waals surface area contributed by atoms with E-state index < -0.39 is 0 Å². The van der Waals surface area contributed by atoms with Crippen LogP contribution in [0.25, 0.3) is 0 Å². The molecule has 0 atom stereocenters. The highest BCUT2D eigenvalue weighted by atomic mass is 16.1. The van der Waals surface area contributed by atoms with Crippen LogP contribution < -0.4 is 10.6 Å². The second kappa shape index (κ2) is 9.97. The van der Waals surface area contributed by atoms with Crippen LogP contribution in [-0.2, 0) is 4.79 Å². The van der Waals surface area contributed by atoms with E-state index in [1.165, 1.54) is 25.7 Å². The van der Waals surface area contributed by atoms with Crippen molar-refractivity contribution in [1.29, 1.82) is 0 Å². The Morgan fingerprint density at radius 2 is 1.73 bits per heavy atom. The zero-order chi connectivity index (χ0) is 11.5. The third-order valence-electron chi connectivity index (χ3n) is 2.43. The van der Waals surface area contributed by atoms with Gasteiger partial charge < -0.3 is 10.6 Å². The number of nitrogens with one attached hydrogen (secondary N) is 2. The van der Waals surface area contributed by atoms with E-state index in [2.05, 4.69) is 24.5 Å². The Kier molecular flexibility index (Phi) is 9.59. The molecule has 90 valence electrons. The van der Waals surface area contributed by atoms with Gasteiger partial charge in [-0.05, 0) is 19.8 Å². The van der Waals surface area contributed by atoms with Crippen molar-refractivity contribution in [1.82, 2.24) is 10.6 Å². The summed E-state index contributed by atoms with van der Waals surface area (Å²) in [6.45, 7) is 7.88. The first-order valence-electron chi connectivity index (χ1n) is 6.24. The smallest absolute Gasteiger partial charge is 0.221 e. The third kappa shape index (κ3) is 8.43. The maximum Gasteiger partial charge on any atom is 0.221 e. The fourth-order valence-corrected chi connectivity index (χ4v) is 1.72. The second-order valence-electron chi connectivity index (χ2n) is 3.93. The molecule has 0 bridgehead atoms. The molecular formula is C12H26N2O. The highest BCUT2D eigenvalue weighted by Gasteiger charge is 2.06. The molecule has 0 aromatic rings. The Hall–Kier alpha value is -0.570. The molecule has 0 saturated heterocycles. The lowest BCUT2D eigenvalue weighted by Gasteiger charge is -2.16. The predicted molar refractivity (Wildman–Crippen MR) is 64.9 cm³/mol. The van der Waals surface area contributed by atoms with Crippen LogP contribution in [-0.4, -0.2) is 25.0 Å². The van der Waals surface area contributed by atoms with Crippen molar-refractivity contribution in [2.24, 2.45) is 0 Å². The number of hydrogen-bond acceptors (Lipinski definition) is 2. The normalized spacial score (nSPS) is 10.7. The Morgan fingerprint density at radius 1 is 1.13 bits per heavy atom. The molecule has 3 heteroatoms. The fourth-order valence-electron chi connectivity index (χ4n) is 1.72. The molecule has 0 radical (unpaired) electrons. The van der Waals surface area contributed by atoms with Crippen molar-refractivity contribution in [2.45, 2.75) is 58.9 Å². The van der Waals surface area contributed by atoms with Crippen LogP contribution in [0, 0.1) is 0 Å². The number of carbonyl (C=O) groups excluding carboxylic acids is 1. The first-order valence-corrected chi connectivity index (χ1v) is 6.24. The van der Waals surface area contributed by atoms with Crippen molar-refractivity contribution in [3.05, 3.63) is 0 Å². The summed E-state index contributed by atoms with van der Waals surface area (Å²) in [5, 5.41) is 6.25. The summed E-state index contributed by atoms with van der Waals surface area (Å²) in [6, 6.07) is 0.592. The number of rotatable bonds is 9. The first kappa shape index (κ1) is 14.4. The van der Waals surface area contributed by atoms with Crippen molar-refractivity contribution in [3.63, 3.8) is 0 Å². The first-order chi connectivity index (χ1) is 7.24. The number of carbonyl (C=O) groups is 1. The standard InChI is InChI=1S/C12H26N2O/c1-4-7-11(8-5-2)14-10-9-12(15)13-6-3/h11,14H,4-10H2,1-3H3,(H,13,15).